The molecule has 21 heavy (non-hydrogen) atoms. The van der Waals surface area contributed by atoms with Gasteiger partial charge < -0.3 is 5.32 Å². The molecule has 1 unspecified atom stereocenters. The first-order valence-corrected chi connectivity index (χ1v) is 7.77. The largest absolute Gasteiger partial charge is 0.326 e. The molecule has 0 saturated heterocycles. The van der Waals surface area contributed by atoms with Crippen LogP contribution in [0.4, 0.5) is 5.69 Å². The van der Waals surface area contributed by atoms with Crippen LogP contribution in [0.3, 0.4) is 0 Å². The predicted octanol–water partition coefficient (Wildman–Crippen LogP) is 4.94. The number of alkyl halides is 1. The molecule has 1 N–H and O–H groups in total. The van der Waals surface area contributed by atoms with E-state index < -0.39 is 0 Å². The third kappa shape index (κ3) is 3.22. The highest BCUT2D eigenvalue weighted by Gasteiger charge is 2.16. The number of halogens is 2. The van der Waals surface area contributed by atoms with Crippen LogP contribution in [0.1, 0.15) is 34.9 Å². The lowest BCUT2D eigenvalue weighted by Gasteiger charge is -2.14. The third-order valence-corrected chi connectivity index (χ3v) is 4.46. The highest BCUT2D eigenvalue weighted by atomic mass is 35.5. The van der Waals surface area contributed by atoms with Crippen LogP contribution in [0.25, 0.3) is 0 Å². The molecular weight excluding hydrogens is 305 g/mol. The Balaban J connectivity index is 1.91. The fourth-order valence-corrected chi connectivity index (χ4v) is 2.98. The number of carbonyl (C=O) groups excluding carboxylic acids is 1. The normalized spacial score (nSPS) is 15.8. The summed E-state index contributed by atoms with van der Waals surface area (Å²) in [6.45, 7) is 0. The lowest BCUT2D eigenvalue weighted by molar-refractivity contribution is -0.116. The lowest BCUT2D eigenvalue weighted by Crippen LogP contribution is -2.09. The minimum Gasteiger partial charge on any atom is -0.326 e. The number of nitrogens with one attached hydrogen (secondary N) is 1. The molecule has 2 nitrogen and oxygen atoms in total. The predicted molar refractivity (Wildman–Crippen MR) is 87.2 cm³/mol. The standard InChI is InChI=1S/C17H15Cl2NO/c18-14-7-4-11(5-8-14)17(19)13-6-9-15-12(10-13)2-1-3-16(21)20-15/h4-10,17H,1-3H2,(H,20,21). The van der Waals surface area contributed by atoms with Crippen LogP contribution >= 0.6 is 23.2 Å². The second-order valence-electron chi connectivity index (χ2n) is 5.23. The van der Waals surface area contributed by atoms with Crippen LogP contribution in [0.5, 0.6) is 0 Å². The number of hydrogen-bond acceptors (Lipinski definition) is 1. The Morgan fingerprint density at radius 1 is 1.00 bits per heavy atom. The molecule has 0 saturated carbocycles. The van der Waals surface area contributed by atoms with E-state index in [0.717, 1.165) is 35.2 Å². The van der Waals surface area contributed by atoms with Gasteiger partial charge in [0.1, 0.15) is 0 Å². The van der Waals surface area contributed by atoms with Gasteiger partial charge in [-0.2, -0.15) is 0 Å². The highest BCUT2D eigenvalue weighted by Crippen LogP contribution is 2.33. The number of aryl methyl sites for hydroxylation is 1. The smallest absolute Gasteiger partial charge is 0.224 e. The summed E-state index contributed by atoms with van der Waals surface area (Å²) in [5, 5.41) is 3.42. The molecule has 1 atom stereocenters. The van der Waals surface area contributed by atoms with Gasteiger partial charge in [0.25, 0.3) is 0 Å². The van der Waals surface area contributed by atoms with Gasteiger partial charge in [0.05, 0.1) is 5.38 Å². The minimum absolute atomic E-state index is 0.0848. The summed E-state index contributed by atoms with van der Waals surface area (Å²) in [5.74, 6) is 0.0848. The van der Waals surface area contributed by atoms with Gasteiger partial charge in [0, 0.05) is 17.1 Å². The van der Waals surface area contributed by atoms with Gasteiger partial charge in [-0.15, -0.1) is 11.6 Å². The molecule has 0 radical (unpaired) electrons. The number of anilines is 1. The first-order valence-electron chi connectivity index (χ1n) is 6.96. The van der Waals surface area contributed by atoms with E-state index in [2.05, 4.69) is 11.4 Å². The Morgan fingerprint density at radius 2 is 1.71 bits per heavy atom. The summed E-state index contributed by atoms with van der Waals surface area (Å²) >= 11 is 12.5. The third-order valence-electron chi connectivity index (χ3n) is 3.71. The van der Waals surface area contributed by atoms with Gasteiger partial charge in [-0.05, 0) is 47.7 Å². The van der Waals surface area contributed by atoms with Crippen molar-refractivity contribution in [2.45, 2.75) is 24.6 Å². The monoisotopic (exact) mass is 319 g/mol. The molecule has 0 bridgehead atoms. The molecule has 1 amide bonds. The number of rotatable bonds is 2. The molecule has 2 aromatic carbocycles. The number of fused-ring (bicyclic) bond motifs is 1. The van der Waals surface area contributed by atoms with Crippen LogP contribution in [0, 0.1) is 0 Å². The average Bonchev–Trinajstić information content (AvgIpc) is 2.67. The Kier molecular flexibility index (Phi) is 4.18. The van der Waals surface area contributed by atoms with E-state index in [1.165, 1.54) is 0 Å². The molecule has 4 heteroatoms. The summed E-state index contributed by atoms with van der Waals surface area (Å²) in [6, 6.07) is 13.6. The second kappa shape index (κ2) is 6.08. The summed E-state index contributed by atoms with van der Waals surface area (Å²) in [6.07, 6.45) is 2.34. The lowest BCUT2D eigenvalue weighted by atomic mass is 9.99. The summed E-state index contributed by atoms with van der Waals surface area (Å²) < 4.78 is 0. The van der Waals surface area contributed by atoms with E-state index in [1.807, 2.05) is 36.4 Å². The van der Waals surface area contributed by atoms with Crippen LogP contribution in [-0.4, -0.2) is 5.91 Å². The van der Waals surface area contributed by atoms with Crippen molar-refractivity contribution >= 4 is 34.8 Å². The van der Waals surface area contributed by atoms with Crippen LogP contribution < -0.4 is 5.32 Å². The molecule has 2 aromatic rings. The van der Waals surface area contributed by atoms with Crippen molar-refractivity contribution in [3.05, 3.63) is 64.2 Å². The Labute approximate surface area is 134 Å². The number of benzene rings is 2. The quantitative estimate of drug-likeness (QED) is 0.780. The van der Waals surface area contributed by atoms with Crippen molar-refractivity contribution < 1.29 is 4.79 Å². The van der Waals surface area contributed by atoms with Gasteiger partial charge in [-0.1, -0.05) is 35.9 Å². The molecule has 1 aliphatic heterocycles. The van der Waals surface area contributed by atoms with Crippen LogP contribution in [0.2, 0.25) is 5.02 Å². The zero-order chi connectivity index (χ0) is 14.8. The maximum Gasteiger partial charge on any atom is 0.224 e. The number of carbonyl (C=O) groups is 1. The summed E-state index contributed by atoms with van der Waals surface area (Å²) in [5.41, 5.74) is 4.10. The Hall–Kier alpha value is -1.51. The topological polar surface area (TPSA) is 29.1 Å². The van der Waals surface area contributed by atoms with Crippen molar-refractivity contribution in [2.75, 3.05) is 5.32 Å². The molecule has 0 aliphatic carbocycles. The minimum atomic E-state index is -0.216. The zero-order valence-corrected chi connectivity index (χ0v) is 12.9. The average molecular weight is 320 g/mol. The SMILES string of the molecule is O=C1CCCc2cc(C(Cl)c3ccc(Cl)cc3)ccc2N1. The molecule has 108 valence electrons. The van der Waals surface area contributed by atoms with Gasteiger partial charge >= 0.3 is 0 Å². The molecule has 3 rings (SSSR count). The van der Waals surface area contributed by atoms with Crippen molar-refractivity contribution in [1.82, 2.24) is 0 Å². The van der Waals surface area contributed by atoms with Gasteiger partial charge in [-0.3, -0.25) is 4.79 Å². The maximum absolute atomic E-state index is 11.6. The maximum atomic E-state index is 11.6. The van der Waals surface area contributed by atoms with E-state index in [9.17, 15) is 4.79 Å². The van der Waals surface area contributed by atoms with E-state index in [0.29, 0.717) is 11.4 Å². The van der Waals surface area contributed by atoms with Gasteiger partial charge in [0.2, 0.25) is 5.91 Å². The van der Waals surface area contributed by atoms with E-state index in [4.69, 9.17) is 23.2 Å². The molecule has 0 spiro atoms. The van der Waals surface area contributed by atoms with E-state index in [1.54, 1.807) is 0 Å². The first-order chi connectivity index (χ1) is 10.1. The summed E-state index contributed by atoms with van der Waals surface area (Å²) in [4.78, 5) is 11.6. The molecule has 1 aliphatic rings. The van der Waals surface area contributed by atoms with Crippen LogP contribution in [-0.2, 0) is 11.2 Å². The van der Waals surface area contributed by atoms with Crippen molar-refractivity contribution in [3.63, 3.8) is 0 Å². The zero-order valence-electron chi connectivity index (χ0n) is 11.4. The highest BCUT2D eigenvalue weighted by molar-refractivity contribution is 6.30. The van der Waals surface area contributed by atoms with Crippen molar-refractivity contribution in [2.24, 2.45) is 0 Å². The van der Waals surface area contributed by atoms with Crippen LogP contribution in [0.15, 0.2) is 42.5 Å². The molecule has 0 fully saturated rings. The Morgan fingerprint density at radius 3 is 2.48 bits per heavy atom. The van der Waals surface area contributed by atoms with E-state index in [-0.39, 0.29) is 11.3 Å². The fraction of sp³-hybridized carbons (Fsp3) is 0.235. The van der Waals surface area contributed by atoms with Crippen molar-refractivity contribution in [3.8, 4) is 0 Å². The van der Waals surface area contributed by atoms with E-state index >= 15 is 0 Å². The second-order valence-corrected chi connectivity index (χ2v) is 6.11. The molecule has 0 aromatic heterocycles. The van der Waals surface area contributed by atoms with Gasteiger partial charge in [-0.25, -0.2) is 0 Å². The Bertz CT molecular complexity index is 667. The summed E-state index contributed by atoms with van der Waals surface area (Å²) in [7, 11) is 0. The number of hydrogen-bond donors (Lipinski definition) is 1. The van der Waals surface area contributed by atoms with Crippen molar-refractivity contribution in [1.29, 1.82) is 0 Å². The molecule has 1 heterocycles. The fourth-order valence-electron chi connectivity index (χ4n) is 2.58. The number of amides is 1. The van der Waals surface area contributed by atoms with Gasteiger partial charge in [0.15, 0.2) is 0 Å². The first kappa shape index (κ1) is 14.4. The molecular formula is C17H15Cl2NO.